The second-order valence-electron chi connectivity index (χ2n) is 3.06. The van der Waals surface area contributed by atoms with E-state index >= 15 is 0 Å². The molecule has 5 nitrogen and oxygen atoms in total. The molecule has 0 unspecified atom stereocenters. The quantitative estimate of drug-likeness (QED) is 0.507. The van der Waals surface area contributed by atoms with Crippen molar-refractivity contribution in [1.29, 1.82) is 0 Å². The maximum Gasteiger partial charge on any atom is 0.186 e. The number of hydrogen-bond acceptors (Lipinski definition) is 5. The first-order valence-electron chi connectivity index (χ1n) is 3.90. The first kappa shape index (κ1) is 8.40. The van der Waals surface area contributed by atoms with Gasteiger partial charge < -0.3 is 24.4 Å². The van der Waals surface area contributed by atoms with Gasteiger partial charge in [-0.3, -0.25) is 0 Å². The molecule has 0 aromatic carbocycles. The van der Waals surface area contributed by atoms with Crippen LogP contribution < -0.4 is 0 Å². The average Bonchev–Trinajstić information content (AvgIpc) is 2.31. The van der Waals surface area contributed by atoms with E-state index in [2.05, 4.69) is 0 Å². The normalized spacial score (nSPS) is 52.8. The Labute approximate surface area is 69.8 Å². The second-order valence-corrected chi connectivity index (χ2v) is 3.06. The van der Waals surface area contributed by atoms with E-state index in [-0.39, 0.29) is 6.10 Å². The van der Waals surface area contributed by atoms with E-state index in [1.807, 2.05) is 0 Å². The molecule has 2 bridgehead atoms. The zero-order chi connectivity index (χ0) is 8.72. The third-order valence-corrected chi connectivity index (χ3v) is 2.33. The summed E-state index contributed by atoms with van der Waals surface area (Å²) in [7, 11) is 1.45. The molecule has 2 aliphatic rings. The van der Waals surface area contributed by atoms with Crippen LogP contribution in [0.25, 0.3) is 0 Å². The van der Waals surface area contributed by atoms with Gasteiger partial charge in [-0.1, -0.05) is 0 Å². The molecule has 12 heavy (non-hydrogen) atoms. The van der Waals surface area contributed by atoms with E-state index < -0.39 is 24.6 Å². The third-order valence-electron chi connectivity index (χ3n) is 2.33. The predicted molar refractivity (Wildman–Crippen MR) is 37.4 cm³/mol. The van der Waals surface area contributed by atoms with E-state index in [9.17, 15) is 10.2 Å². The number of ether oxygens (including phenoxy) is 3. The molecule has 0 aliphatic carbocycles. The summed E-state index contributed by atoms with van der Waals surface area (Å²) < 4.78 is 15.2. The minimum atomic E-state index is -0.899. The highest BCUT2D eigenvalue weighted by atomic mass is 16.7. The van der Waals surface area contributed by atoms with Gasteiger partial charge in [-0.2, -0.15) is 0 Å². The maximum absolute atomic E-state index is 9.49. The van der Waals surface area contributed by atoms with E-state index in [4.69, 9.17) is 14.2 Å². The zero-order valence-electron chi connectivity index (χ0n) is 6.71. The standard InChI is InChI=1S/C7H12O5/c1-10-7-5(9)6-4(8)3(12-7)2-11-6/h3-9H,2H2,1H3/t3-,4-,5+,6-,7+/m0/s1. The Kier molecular flexibility index (Phi) is 2.05. The fraction of sp³-hybridized carbons (Fsp3) is 1.00. The van der Waals surface area contributed by atoms with Crippen molar-refractivity contribution in [1.82, 2.24) is 0 Å². The van der Waals surface area contributed by atoms with Gasteiger partial charge in [0.25, 0.3) is 0 Å². The first-order valence-corrected chi connectivity index (χ1v) is 3.90. The molecule has 0 spiro atoms. The Morgan fingerprint density at radius 2 is 2.08 bits per heavy atom. The molecule has 2 aliphatic heterocycles. The maximum atomic E-state index is 9.49. The van der Waals surface area contributed by atoms with Crippen LogP contribution in [-0.4, -0.2) is 54.6 Å². The summed E-state index contributed by atoms with van der Waals surface area (Å²) in [6, 6.07) is 0. The molecular formula is C7H12O5. The fourth-order valence-electron chi connectivity index (χ4n) is 1.64. The van der Waals surface area contributed by atoms with Crippen LogP contribution in [0.5, 0.6) is 0 Å². The van der Waals surface area contributed by atoms with Gasteiger partial charge in [0.15, 0.2) is 6.29 Å². The minimum absolute atomic E-state index is 0.322. The Morgan fingerprint density at radius 3 is 2.75 bits per heavy atom. The molecule has 2 rings (SSSR count). The summed E-state index contributed by atoms with van der Waals surface area (Å²) in [6.45, 7) is 0.322. The summed E-state index contributed by atoms with van der Waals surface area (Å²) in [4.78, 5) is 0. The van der Waals surface area contributed by atoms with Gasteiger partial charge in [-0.25, -0.2) is 0 Å². The molecule has 70 valence electrons. The lowest BCUT2D eigenvalue weighted by Crippen LogP contribution is -2.53. The van der Waals surface area contributed by atoms with E-state index in [1.54, 1.807) is 0 Å². The van der Waals surface area contributed by atoms with Crippen molar-refractivity contribution in [3.63, 3.8) is 0 Å². The summed E-state index contributed by atoms with van der Waals surface area (Å²) in [5.41, 5.74) is 0. The topological polar surface area (TPSA) is 68.2 Å². The number of aliphatic hydroxyl groups excluding tert-OH is 2. The van der Waals surface area contributed by atoms with Crippen LogP contribution in [0.3, 0.4) is 0 Å². The van der Waals surface area contributed by atoms with Crippen LogP contribution in [0, 0.1) is 0 Å². The van der Waals surface area contributed by atoms with Crippen molar-refractivity contribution in [2.45, 2.75) is 30.7 Å². The van der Waals surface area contributed by atoms with Gasteiger partial charge in [0.1, 0.15) is 24.4 Å². The molecule has 2 fully saturated rings. The lowest BCUT2D eigenvalue weighted by atomic mass is 10.0. The number of hydrogen-bond donors (Lipinski definition) is 2. The van der Waals surface area contributed by atoms with E-state index in [1.165, 1.54) is 7.11 Å². The summed E-state index contributed by atoms with van der Waals surface area (Å²) in [6.07, 6.45) is -3.22. The molecule has 2 saturated heterocycles. The SMILES string of the molecule is CO[C@@H]1O[C@H]2CO[C@@H]([C@H]2O)[C@H]1O. The third kappa shape index (κ3) is 1.06. The van der Waals surface area contributed by atoms with Crippen molar-refractivity contribution in [2.24, 2.45) is 0 Å². The van der Waals surface area contributed by atoms with Crippen LogP contribution in [0.4, 0.5) is 0 Å². The summed E-state index contributed by atoms with van der Waals surface area (Å²) >= 11 is 0. The smallest absolute Gasteiger partial charge is 0.186 e. The number of methoxy groups -OCH3 is 1. The van der Waals surface area contributed by atoms with Crippen LogP contribution in [-0.2, 0) is 14.2 Å². The van der Waals surface area contributed by atoms with Crippen molar-refractivity contribution >= 4 is 0 Å². The van der Waals surface area contributed by atoms with Crippen molar-refractivity contribution in [2.75, 3.05) is 13.7 Å². The summed E-state index contributed by atoms with van der Waals surface area (Å²) in [5.74, 6) is 0. The Hall–Kier alpha value is -0.200. The van der Waals surface area contributed by atoms with Gasteiger partial charge in [0.05, 0.1) is 6.61 Å². The Morgan fingerprint density at radius 1 is 1.33 bits per heavy atom. The molecule has 0 aromatic rings. The van der Waals surface area contributed by atoms with E-state index in [0.29, 0.717) is 6.61 Å². The van der Waals surface area contributed by atoms with Gasteiger partial charge in [0, 0.05) is 7.11 Å². The lowest BCUT2D eigenvalue weighted by Gasteiger charge is -2.33. The molecule has 2 heterocycles. The Bertz CT molecular complexity index is 173. The zero-order valence-corrected chi connectivity index (χ0v) is 6.71. The van der Waals surface area contributed by atoms with Gasteiger partial charge in [-0.05, 0) is 0 Å². The van der Waals surface area contributed by atoms with Crippen molar-refractivity contribution in [3.8, 4) is 0 Å². The molecule has 0 aromatic heterocycles. The minimum Gasteiger partial charge on any atom is -0.387 e. The van der Waals surface area contributed by atoms with Crippen LogP contribution in [0.2, 0.25) is 0 Å². The number of rotatable bonds is 1. The van der Waals surface area contributed by atoms with Gasteiger partial charge >= 0.3 is 0 Å². The van der Waals surface area contributed by atoms with Crippen LogP contribution in [0.1, 0.15) is 0 Å². The molecule has 5 atom stereocenters. The van der Waals surface area contributed by atoms with E-state index in [0.717, 1.165) is 0 Å². The van der Waals surface area contributed by atoms with Crippen LogP contribution in [0.15, 0.2) is 0 Å². The second kappa shape index (κ2) is 2.93. The average molecular weight is 176 g/mol. The molecule has 0 radical (unpaired) electrons. The number of fused-ring (bicyclic) bond motifs is 2. The highest BCUT2D eigenvalue weighted by molar-refractivity contribution is 4.94. The van der Waals surface area contributed by atoms with Crippen molar-refractivity contribution in [3.05, 3.63) is 0 Å². The summed E-state index contributed by atoms with van der Waals surface area (Å²) in [5, 5.41) is 18.9. The molecule has 0 saturated carbocycles. The highest BCUT2D eigenvalue weighted by Gasteiger charge is 2.50. The predicted octanol–water partition coefficient (Wildman–Crippen LogP) is -1.52. The number of aliphatic hydroxyl groups is 2. The molecule has 0 amide bonds. The molecule has 5 heteroatoms. The molecule has 2 N–H and O–H groups in total. The van der Waals surface area contributed by atoms with Gasteiger partial charge in [-0.15, -0.1) is 0 Å². The van der Waals surface area contributed by atoms with Crippen LogP contribution >= 0.6 is 0 Å². The van der Waals surface area contributed by atoms with Gasteiger partial charge in [0.2, 0.25) is 0 Å². The lowest BCUT2D eigenvalue weighted by molar-refractivity contribution is -0.253. The molecular weight excluding hydrogens is 164 g/mol. The highest BCUT2D eigenvalue weighted by Crippen LogP contribution is 2.29. The first-order chi connectivity index (χ1) is 5.74. The largest absolute Gasteiger partial charge is 0.387 e. The fourth-order valence-corrected chi connectivity index (χ4v) is 1.64. The van der Waals surface area contributed by atoms with Crippen molar-refractivity contribution < 1.29 is 24.4 Å². The monoisotopic (exact) mass is 176 g/mol. The Balaban J connectivity index is 2.12.